The summed E-state index contributed by atoms with van der Waals surface area (Å²) in [7, 11) is -4.05. The minimum absolute atomic E-state index is 0.0226. The van der Waals surface area contributed by atoms with Crippen molar-refractivity contribution in [1.82, 2.24) is 4.72 Å². The fourth-order valence-electron chi connectivity index (χ4n) is 2.19. The van der Waals surface area contributed by atoms with Crippen LogP contribution in [0, 0.1) is 18.8 Å². The lowest BCUT2D eigenvalue weighted by atomic mass is 10.1. The van der Waals surface area contributed by atoms with Crippen molar-refractivity contribution in [3.8, 4) is 11.8 Å². The molecule has 0 aromatic heterocycles. The van der Waals surface area contributed by atoms with Crippen molar-refractivity contribution in [2.75, 3.05) is 6.61 Å². The first-order valence-corrected chi connectivity index (χ1v) is 9.82. The Morgan fingerprint density at radius 1 is 1.15 bits per heavy atom. The molecule has 0 aliphatic heterocycles. The van der Waals surface area contributed by atoms with Gasteiger partial charge in [-0.05, 0) is 38.1 Å². The number of ether oxygens (including phenoxy) is 1. The summed E-state index contributed by atoms with van der Waals surface area (Å²) in [5, 5.41) is 10.3. The largest absolute Gasteiger partial charge is 0.465 e. The monoisotopic (exact) mass is 387 g/mol. The van der Waals surface area contributed by atoms with E-state index in [1.165, 1.54) is 12.1 Å². The second-order valence-electron chi connectivity index (χ2n) is 5.74. The van der Waals surface area contributed by atoms with Crippen LogP contribution in [0.4, 0.5) is 0 Å². The molecule has 0 spiro atoms. The van der Waals surface area contributed by atoms with Crippen LogP contribution in [-0.4, -0.2) is 38.2 Å². The molecule has 2 N–H and O–H groups in total. The van der Waals surface area contributed by atoms with Gasteiger partial charge in [-0.25, -0.2) is 8.42 Å². The first-order valence-electron chi connectivity index (χ1n) is 8.34. The maximum atomic E-state index is 12.6. The van der Waals surface area contributed by atoms with Crippen LogP contribution in [0.2, 0.25) is 0 Å². The topological polar surface area (TPSA) is 92.7 Å². The maximum absolute atomic E-state index is 12.6. The quantitative estimate of drug-likeness (QED) is 0.580. The van der Waals surface area contributed by atoms with Crippen LogP contribution >= 0.6 is 0 Å². The molecule has 142 valence electrons. The lowest BCUT2D eigenvalue weighted by Gasteiger charge is -2.19. The standard InChI is InChI=1S/C20H21NO5S/c1-3-26-20(23)19(18(22)14-11-16-7-5-4-6-8-16)21-27(24,25)17-12-9-15(2)10-13-17/h4-10,12-13,18-19,21-22H,3H2,1-2H3. The van der Waals surface area contributed by atoms with Gasteiger partial charge in [0.05, 0.1) is 11.5 Å². The van der Waals surface area contributed by atoms with Crippen molar-refractivity contribution in [2.45, 2.75) is 30.9 Å². The van der Waals surface area contributed by atoms with E-state index in [-0.39, 0.29) is 11.5 Å². The summed E-state index contributed by atoms with van der Waals surface area (Å²) >= 11 is 0. The minimum atomic E-state index is -4.05. The van der Waals surface area contributed by atoms with Gasteiger partial charge in [-0.2, -0.15) is 4.72 Å². The molecule has 6 nitrogen and oxygen atoms in total. The average Bonchev–Trinajstić information content (AvgIpc) is 2.65. The van der Waals surface area contributed by atoms with Gasteiger partial charge in [0.1, 0.15) is 6.10 Å². The number of aliphatic hydroxyl groups is 1. The van der Waals surface area contributed by atoms with Crippen molar-refractivity contribution < 1.29 is 23.1 Å². The summed E-state index contributed by atoms with van der Waals surface area (Å²) in [6.07, 6.45) is -1.58. The molecule has 2 atom stereocenters. The lowest BCUT2D eigenvalue weighted by Crippen LogP contribution is -2.49. The molecular weight excluding hydrogens is 366 g/mol. The highest BCUT2D eigenvalue weighted by Crippen LogP contribution is 2.12. The van der Waals surface area contributed by atoms with E-state index in [4.69, 9.17) is 4.74 Å². The third kappa shape index (κ3) is 5.93. The molecule has 2 aromatic rings. The van der Waals surface area contributed by atoms with Crippen LogP contribution < -0.4 is 4.72 Å². The Hall–Kier alpha value is -2.66. The number of esters is 1. The first kappa shape index (κ1) is 20.6. The molecule has 0 aliphatic rings. The number of aliphatic hydroxyl groups excluding tert-OH is 1. The van der Waals surface area contributed by atoms with Gasteiger partial charge >= 0.3 is 5.97 Å². The highest BCUT2D eigenvalue weighted by atomic mass is 32.2. The highest BCUT2D eigenvalue weighted by molar-refractivity contribution is 7.89. The Bertz CT molecular complexity index is 928. The molecule has 0 aliphatic carbocycles. The summed E-state index contributed by atoms with van der Waals surface area (Å²) in [4.78, 5) is 12.2. The number of aryl methyl sites for hydroxylation is 1. The summed E-state index contributed by atoms with van der Waals surface area (Å²) < 4.78 is 32.2. The molecular formula is C20H21NO5S. The number of nitrogens with one attached hydrogen (secondary N) is 1. The van der Waals surface area contributed by atoms with E-state index in [0.29, 0.717) is 5.56 Å². The number of carbonyl (C=O) groups excluding carboxylic acids is 1. The SMILES string of the molecule is CCOC(=O)C(NS(=O)(=O)c1ccc(C)cc1)C(O)C#Cc1ccccc1. The van der Waals surface area contributed by atoms with Crippen LogP contribution in [0.25, 0.3) is 0 Å². The molecule has 0 bridgehead atoms. The molecule has 27 heavy (non-hydrogen) atoms. The number of rotatable bonds is 6. The van der Waals surface area contributed by atoms with E-state index in [0.717, 1.165) is 5.56 Å². The summed E-state index contributed by atoms with van der Waals surface area (Å²) in [5.74, 6) is 4.31. The molecule has 0 radical (unpaired) electrons. The molecule has 0 heterocycles. The predicted octanol–water partition coefficient (Wildman–Crippen LogP) is 1.62. The van der Waals surface area contributed by atoms with Gasteiger partial charge in [0.15, 0.2) is 6.04 Å². The van der Waals surface area contributed by atoms with Crippen LogP contribution in [0.15, 0.2) is 59.5 Å². The van der Waals surface area contributed by atoms with Gasteiger partial charge in [0.2, 0.25) is 10.0 Å². The molecule has 0 saturated heterocycles. The Balaban J connectivity index is 2.27. The Kier molecular flexibility index (Phi) is 7.13. The number of carbonyl (C=O) groups is 1. The average molecular weight is 387 g/mol. The fraction of sp³-hybridized carbons (Fsp3) is 0.250. The zero-order valence-electron chi connectivity index (χ0n) is 15.0. The molecule has 2 aromatic carbocycles. The lowest BCUT2D eigenvalue weighted by molar-refractivity contribution is -0.147. The predicted molar refractivity (Wildman–Crippen MR) is 101 cm³/mol. The van der Waals surface area contributed by atoms with Gasteiger partial charge < -0.3 is 9.84 Å². The van der Waals surface area contributed by atoms with Crippen LogP contribution in [-0.2, 0) is 19.6 Å². The second kappa shape index (κ2) is 9.33. The van der Waals surface area contributed by atoms with Crippen molar-refractivity contribution in [2.24, 2.45) is 0 Å². The maximum Gasteiger partial charge on any atom is 0.327 e. The smallest absolute Gasteiger partial charge is 0.327 e. The third-order valence-electron chi connectivity index (χ3n) is 3.61. The number of sulfonamides is 1. The minimum Gasteiger partial charge on any atom is -0.465 e. The fourth-order valence-corrected chi connectivity index (χ4v) is 3.38. The molecule has 0 amide bonds. The number of hydrogen-bond acceptors (Lipinski definition) is 5. The zero-order valence-corrected chi connectivity index (χ0v) is 15.9. The van der Waals surface area contributed by atoms with E-state index in [1.807, 2.05) is 13.0 Å². The van der Waals surface area contributed by atoms with E-state index in [1.54, 1.807) is 43.3 Å². The van der Waals surface area contributed by atoms with Gasteiger partial charge in [-0.1, -0.05) is 47.7 Å². The molecule has 2 rings (SSSR count). The van der Waals surface area contributed by atoms with Crippen molar-refractivity contribution >= 4 is 16.0 Å². The Labute approximate surface area is 159 Å². The van der Waals surface area contributed by atoms with E-state index in [9.17, 15) is 18.3 Å². The Morgan fingerprint density at radius 2 is 1.78 bits per heavy atom. The molecule has 7 heteroatoms. The summed E-state index contributed by atoms with van der Waals surface area (Å²) in [5.41, 5.74) is 1.52. The van der Waals surface area contributed by atoms with Gasteiger partial charge in [-0.15, -0.1) is 0 Å². The van der Waals surface area contributed by atoms with Gasteiger partial charge in [0, 0.05) is 5.56 Å². The van der Waals surface area contributed by atoms with Crippen molar-refractivity contribution in [3.05, 3.63) is 65.7 Å². The second-order valence-corrected chi connectivity index (χ2v) is 7.46. The molecule has 2 unspecified atom stereocenters. The Morgan fingerprint density at radius 3 is 2.37 bits per heavy atom. The first-order chi connectivity index (χ1) is 12.8. The van der Waals surface area contributed by atoms with E-state index >= 15 is 0 Å². The molecule has 0 fully saturated rings. The summed E-state index contributed by atoms with van der Waals surface area (Å²) in [6.45, 7) is 3.46. The number of hydrogen-bond donors (Lipinski definition) is 2. The van der Waals surface area contributed by atoms with Crippen LogP contribution in [0.5, 0.6) is 0 Å². The van der Waals surface area contributed by atoms with Crippen LogP contribution in [0.3, 0.4) is 0 Å². The number of benzene rings is 2. The highest BCUT2D eigenvalue weighted by Gasteiger charge is 2.32. The van der Waals surface area contributed by atoms with Gasteiger partial charge in [0.25, 0.3) is 0 Å². The zero-order chi connectivity index (χ0) is 19.9. The van der Waals surface area contributed by atoms with Crippen LogP contribution in [0.1, 0.15) is 18.1 Å². The van der Waals surface area contributed by atoms with Crippen molar-refractivity contribution in [1.29, 1.82) is 0 Å². The third-order valence-corrected chi connectivity index (χ3v) is 5.06. The summed E-state index contributed by atoms with van der Waals surface area (Å²) in [6, 6.07) is 13.4. The normalized spacial score (nSPS) is 13.1. The van der Waals surface area contributed by atoms with Crippen molar-refractivity contribution in [3.63, 3.8) is 0 Å². The van der Waals surface area contributed by atoms with Gasteiger partial charge in [-0.3, -0.25) is 4.79 Å². The van der Waals surface area contributed by atoms with E-state index < -0.39 is 28.1 Å². The van der Waals surface area contributed by atoms with E-state index in [2.05, 4.69) is 16.6 Å². The molecule has 0 saturated carbocycles.